The van der Waals surface area contributed by atoms with Crippen LogP contribution in [0.5, 0.6) is 0 Å². The number of hydrogen-bond donors (Lipinski definition) is 2. The lowest BCUT2D eigenvalue weighted by atomic mass is 10.0. The highest BCUT2D eigenvalue weighted by Gasteiger charge is 2.36. The van der Waals surface area contributed by atoms with Crippen molar-refractivity contribution < 1.29 is 19.7 Å². The average molecular weight is 246 g/mol. The number of aliphatic hydroxyl groups excluding tert-OH is 2. The Hall–Kier alpha value is -0.160. The third-order valence-corrected chi connectivity index (χ3v) is 3.47. The summed E-state index contributed by atoms with van der Waals surface area (Å²) in [6, 6.07) is 0. The van der Waals surface area contributed by atoms with E-state index < -0.39 is 6.10 Å². The van der Waals surface area contributed by atoms with E-state index in [0.29, 0.717) is 12.5 Å². The largest absolute Gasteiger partial charge is 0.394 e. The van der Waals surface area contributed by atoms with Gasteiger partial charge in [0.15, 0.2) is 0 Å². The van der Waals surface area contributed by atoms with Gasteiger partial charge in [-0.3, -0.25) is 0 Å². The van der Waals surface area contributed by atoms with Crippen LogP contribution in [0.2, 0.25) is 0 Å². The Morgan fingerprint density at radius 3 is 2.76 bits per heavy atom. The molecule has 1 fully saturated rings. The van der Waals surface area contributed by atoms with Crippen LogP contribution < -0.4 is 0 Å². The van der Waals surface area contributed by atoms with Crippen molar-refractivity contribution in [1.29, 1.82) is 0 Å². The van der Waals surface area contributed by atoms with Crippen molar-refractivity contribution in [2.45, 2.75) is 57.8 Å². The first-order chi connectivity index (χ1) is 8.22. The van der Waals surface area contributed by atoms with Crippen molar-refractivity contribution in [3.8, 4) is 0 Å². The molecule has 1 aliphatic rings. The predicted molar refractivity (Wildman–Crippen MR) is 65.9 cm³/mol. The van der Waals surface area contributed by atoms with Gasteiger partial charge in [-0.2, -0.15) is 0 Å². The molecular weight excluding hydrogens is 220 g/mol. The van der Waals surface area contributed by atoms with Crippen molar-refractivity contribution in [3.05, 3.63) is 0 Å². The summed E-state index contributed by atoms with van der Waals surface area (Å²) >= 11 is 0. The summed E-state index contributed by atoms with van der Waals surface area (Å²) in [6.45, 7) is 5.17. The van der Waals surface area contributed by atoms with E-state index in [2.05, 4.69) is 13.8 Å². The van der Waals surface area contributed by atoms with Gasteiger partial charge in [0.1, 0.15) is 18.3 Å². The second kappa shape index (κ2) is 8.03. The lowest BCUT2D eigenvalue weighted by Crippen LogP contribution is -2.36. The van der Waals surface area contributed by atoms with Crippen LogP contribution in [0.1, 0.15) is 39.5 Å². The van der Waals surface area contributed by atoms with Crippen LogP contribution in [-0.2, 0) is 9.47 Å². The molecule has 4 nitrogen and oxygen atoms in total. The van der Waals surface area contributed by atoms with E-state index >= 15 is 0 Å². The fourth-order valence-electron chi connectivity index (χ4n) is 2.18. The lowest BCUT2D eigenvalue weighted by Gasteiger charge is -2.22. The molecule has 1 saturated heterocycles. The number of unbranched alkanes of at least 4 members (excludes halogenated alkanes) is 1. The summed E-state index contributed by atoms with van der Waals surface area (Å²) in [6.07, 6.45) is 3.34. The normalized spacial score (nSPS) is 30.7. The van der Waals surface area contributed by atoms with E-state index in [-0.39, 0.29) is 25.4 Å². The summed E-state index contributed by atoms with van der Waals surface area (Å²) in [4.78, 5) is 0. The second-order valence-corrected chi connectivity index (χ2v) is 4.84. The minimum atomic E-state index is -0.601. The molecule has 0 radical (unpaired) electrons. The van der Waals surface area contributed by atoms with E-state index in [4.69, 9.17) is 14.6 Å². The van der Waals surface area contributed by atoms with E-state index in [1.165, 1.54) is 19.3 Å². The van der Waals surface area contributed by atoms with Crippen LogP contribution in [0.4, 0.5) is 0 Å². The van der Waals surface area contributed by atoms with Gasteiger partial charge in [0, 0.05) is 0 Å². The first-order valence-corrected chi connectivity index (χ1v) is 6.75. The highest BCUT2D eigenvalue weighted by Crippen LogP contribution is 2.20. The minimum Gasteiger partial charge on any atom is -0.394 e. The van der Waals surface area contributed by atoms with Gasteiger partial charge in [-0.25, -0.2) is 0 Å². The van der Waals surface area contributed by atoms with Crippen LogP contribution in [0.15, 0.2) is 0 Å². The number of aliphatic hydroxyl groups is 2. The molecule has 4 heteroatoms. The van der Waals surface area contributed by atoms with Gasteiger partial charge in [0.05, 0.1) is 19.8 Å². The molecule has 17 heavy (non-hydrogen) atoms. The highest BCUT2D eigenvalue weighted by molar-refractivity contribution is 4.84. The second-order valence-electron chi connectivity index (χ2n) is 4.84. The van der Waals surface area contributed by atoms with E-state index in [0.717, 1.165) is 6.42 Å². The molecule has 1 aliphatic heterocycles. The predicted octanol–water partition coefficient (Wildman–Crippen LogP) is 1.34. The van der Waals surface area contributed by atoms with Gasteiger partial charge in [-0.15, -0.1) is 0 Å². The summed E-state index contributed by atoms with van der Waals surface area (Å²) in [5, 5.41) is 18.8. The lowest BCUT2D eigenvalue weighted by molar-refractivity contribution is -0.0645. The molecule has 102 valence electrons. The fourth-order valence-corrected chi connectivity index (χ4v) is 2.18. The van der Waals surface area contributed by atoms with Gasteiger partial charge < -0.3 is 19.7 Å². The molecule has 0 amide bonds. The van der Waals surface area contributed by atoms with Crippen LogP contribution in [0.25, 0.3) is 0 Å². The van der Waals surface area contributed by atoms with Crippen molar-refractivity contribution in [2.24, 2.45) is 5.92 Å². The quantitative estimate of drug-likeness (QED) is 0.678. The summed E-state index contributed by atoms with van der Waals surface area (Å²) in [5.41, 5.74) is 0. The topological polar surface area (TPSA) is 58.9 Å². The third-order valence-electron chi connectivity index (χ3n) is 3.47. The smallest absolute Gasteiger partial charge is 0.114 e. The van der Waals surface area contributed by atoms with E-state index in [9.17, 15) is 5.11 Å². The SMILES string of the molecule is CCCCC(CC)CO[C@@H]1[C@H](O)CO[C@@H]1CO. The Labute approximate surface area is 104 Å². The molecule has 1 heterocycles. The van der Waals surface area contributed by atoms with Crippen molar-refractivity contribution in [2.75, 3.05) is 19.8 Å². The molecular formula is C13H26O4. The molecule has 0 spiro atoms. The van der Waals surface area contributed by atoms with Crippen molar-refractivity contribution in [3.63, 3.8) is 0 Å². The Morgan fingerprint density at radius 1 is 1.41 bits per heavy atom. The van der Waals surface area contributed by atoms with Gasteiger partial charge in [0.2, 0.25) is 0 Å². The summed E-state index contributed by atoms with van der Waals surface area (Å²) in [7, 11) is 0. The molecule has 0 aromatic carbocycles. The van der Waals surface area contributed by atoms with Gasteiger partial charge >= 0.3 is 0 Å². The third kappa shape index (κ3) is 4.54. The van der Waals surface area contributed by atoms with Crippen molar-refractivity contribution >= 4 is 0 Å². The average Bonchev–Trinajstić information content (AvgIpc) is 2.70. The molecule has 1 unspecified atom stereocenters. The Bertz CT molecular complexity index is 198. The molecule has 2 N–H and O–H groups in total. The number of rotatable bonds is 8. The molecule has 0 saturated carbocycles. The zero-order valence-corrected chi connectivity index (χ0v) is 11.0. The standard InChI is InChI=1S/C13H26O4/c1-3-5-6-10(4-2)8-17-13-11(15)9-16-12(13)7-14/h10-15H,3-9H2,1-2H3/t10?,11-,12-,13-/m1/s1. The fraction of sp³-hybridized carbons (Fsp3) is 1.00. The Balaban J connectivity index is 2.31. The van der Waals surface area contributed by atoms with Gasteiger partial charge in [-0.05, 0) is 12.3 Å². The Morgan fingerprint density at radius 2 is 2.18 bits per heavy atom. The highest BCUT2D eigenvalue weighted by atomic mass is 16.6. The van der Waals surface area contributed by atoms with Crippen LogP contribution in [0, 0.1) is 5.92 Å². The van der Waals surface area contributed by atoms with Crippen molar-refractivity contribution in [1.82, 2.24) is 0 Å². The Kier molecular flexibility index (Phi) is 7.04. The molecule has 0 aliphatic carbocycles. The molecule has 0 aromatic heterocycles. The van der Waals surface area contributed by atoms with Crippen LogP contribution >= 0.6 is 0 Å². The number of ether oxygens (including phenoxy) is 2. The first-order valence-electron chi connectivity index (χ1n) is 6.75. The summed E-state index contributed by atoms with van der Waals surface area (Å²) < 4.78 is 11.0. The molecule has 1 rings (SSSR count). The maximum Gasteiger partial charge on any atom is 0.114 e. The first kappa shape index (κ1) is 14.9. The zero-order valence-electron chi connectivity index (χ0n) is 11.0. The van der Waals surface area contributed by atoms with Gasteiger partial charge in [-0.1, -0.05) is 33.1 Å². The minimum absolute atomic E-state index is 0.0898. The van der Waals surface area contributed by atoms with Crippen LogP contribution in [0.3, 0.4) is 0 Å². The van der Waals surface area contributed by atoms with Crippen LogP contribution in [-0.4, -0.2) is 48.3 Å². The van der Waals surface area contributed by atoms with E-state index in [1.807, 2.05) is 0 Å². The molecule has 0 bridgehead atoms. The molecule has 0 aromatic rings. The summed E-state index contributed by atoms with van der Waals surface area (Å²) in [5.74, 6) is 0.544. The van der Waals surface area contributed by atoms with Gasteiger partial charge in [0.25, 0.3) is 0 Å². The molecule has 4 atom stereocenters. The maximum atomic E-state index is 9.69. The maximum absolute atomic E-state index is 9.69. The number of hydrogen-bond acceptors (Lipinski definition) is 4. The van der Waals surface area contributed by atoms with E-state index in [1.54, 1.807) is 0 Å². The zero-order chi connectivity index (χ0) is 12.7. The monoisotopic (exact) mass is 246 g/mol.